The molecule has 1 aromatic carbocycles. The van der Waals surface area contributed by atoms with E-state index in [9.17, 15) is 14.4 Å². The molecule has 0 bridgehead atoms. The van der Waals surface area contributed by atoms with Gasteiger partial charge in [0.25, 0.3) is 1.43 Å². The highest BCUT2D eigenvalue weighted by Crippen LogP contribution is 2.02. The molecule has 2 amide bonds. The molecule has 0 aliphatic carbocycles. The average molecular weight is 265 g/mol. The average Bonchev–Trinajstić information content (AvgIpc) is 2.43. The lowest BCUT2D eigenvalue weighted by Gasteiger charge is -2.13. The van der Waals surface area contributed by atoms with E-state index in [-0.39, 0.29) is 19.3 Å². The number of amides is 2. The molecule has 1 unspecified atom stereocenters. The zero-order chi connectivity index (χ0) is 15.0. The fraction of sp³-hybridized carbons (Fsp3) is 0.308. The van der Waals surface area contributed by atoms with Crippen molar-refractivity contribution in [2.45, 2.75) is 25.3 Å². The molecule has 1 aromatic rings. The molecule has 0 aliphatic rings. The van der Waals surface area contributed by atoms with Crippen LogP contribution in [-0.2, 0) is 20.8 Å². The highest BCUT2D eigenvalue weighted by Gasteiger charge is 2.20. The Hall–Kier alpha value is -2.37. The van der Waals surface area contributed by atoms with Crippen molar-refractivity contribution < 1.29 is 19.5 Å². The largest absolute Gasteiger partial charge is 0.480 e. The quantitative estimate of drug-likeness (QED) is 0.647. The Kier molecular flexibility index (Phi) is 4.92. The number of carboxylic acids is 1. The van der Waals surface area contributed by atoms with Gasteiger partial charge in [0.2, 0.25) is 11.8 Å². The maximum absolute atomic E-state index is 11.8. The van der Waals surface area contributed by atoms with E-state index in [0.717, 1.165) is 5.56 Å². The van der Waals surface area contributed by atoms with Crippen LogP contribution in [0.1, 0.15) is 18.4 Å². The molecule has 0 radical (unpaired) electrons. The van der Waals surface area contributed by atoms with E-state index in [1.54, 1.807) is 24.3 Å². The van der Waals surface area contributed by atoms with Gasteiger partial charge in [-0.25, -0.2) is 4.79 Å². The number of primary amides is 1. The predicted octanol–water partition coefficient (Wildman–Crippen LogP) is 0.0640. The molecule has 1 rings (SSSR count). The van der Waals surface area contributed by atoms with Crippen LogP contribution in [0.15, 0.2) is 30.3 Å². The maximum Gasteiger partial charge on any atom is 0.326 e. The van der Waals surface area contributed by atoms with Crippen LogP contribution in [0.3, 0.4) is 0 Å². The minimum Gasteiger partial charge on any atom is -0.480 e. The molecule has 4 N–H and O–H groups in total. The lowest BCUT2D eigenvalue weighted by atomic mass is 10.1. The molecule has 6 heteroatoms. The van der Waals surface area contributed by atoms with Crippen molar-refractivity contribution in [3.63, 3.8) is 0 Å². The van der Waals surface area contributed by atoms with Gasteiger partial charge in [-0.05, 0) is 12.0 Å². The molecule has 1 atom stereocenters. The van der Waals surface area contributed by atoms with Crippen molar-refractivity contribution in [1.82, 2.24) is 5.32 Å². The van der Waals surface area contributed by atoms with Crippen molar-refractivity contribution in [3.8, 4) is 0 Å². The Balaban J connectivity index is 2.57. The molecule has 0 saturated heterocycles. The van der Waals surface area contributed by atoms with Crippen LogP contribution in [0.25, 0.3) is 1.43 Å². The van der Waals surface area contributed by atoms with E-state index in [2.05, 4.69) is 10.4 Å². The van der Waals surface area contributed by atoms with E-state index >= 15 is 0 Å². The Morgan fingerprint density at radius 1 is 1.32 bits per heavy atom. The van der Waals surface area contributed by atoms with Gasteiger partial charge in [-0.2, -0.15) is 0 Å². The van der Waals surface area contributed by atoms with Gasteiger partial charge >= 0.3 is 5.97 Å². The van der Waals surface area contributed by atoms with Crippen LogP contribution in [0, 0.1) is 0 Å². The molecule has 102 valence electrons. The lowest BCUT2D eigenvalue weighted by Crippen LogP contribution is -2.42. The van der Waals surface area contributed by atoms with Crippen LogP contribution >= 0.6 is 0 Å². The summed E-state index contributed by atoms with van der Waals surface area (Å²) in [5.74, 6) is -1.91. The van der Waals surface area contributed by atoms with Crippen LogP contribution in [0.4, 0.5) is 0 Å². The summed E-state index contributed by atoms with van der Waals surface area (Å²) in [4.78, 5) is 33.8. The summed E-state index contributed by atoms with van der Waals surface area (Å²) in [6.45, 7) is 0. The summed E-state index contributed by atoms with van der Waals surface area (Å²) < 4.78 is 6.57. The van der Waals surface area contributed by atoms with Crippen molar-refractivity contribution in [3.05, 3.63) is 35.9 Å². The van der Waals surface area contributed by atoms with Gasteiger partial charge in [-0.3, -0.25) is 9.59 Å². The zero-order valence-electron chi connectivity index (χ0n) is 11.3. The molecular weight excluding hydrogens is 248 g/mol. The lowest BCUT2D eigenvalue weighted by molar-refractivity contribution is -0.142. The number of carbonyl (C=O) groups excluding carboxylic acids is 2. The highest BCUT2D eigenvalue weighted by atomic mass is 16.4. The zero-order valence-corrected chi connectivity index (χ0v) is 10.3. The Morgan fingerprint density at radius 3 is 2.58 bits per heavy atom. The van der Waals surface area contributed by atoms with Crippen molar-refractivity contribution in [2.75, 3.05) is 0 Å². The number of rotatable bonds is 7. The van der Waals surface area contributed by atoms with Crippen LogP contribution in [0.2, 0.25) is 0 Å². The van der Waals surface area contributed by atoms with Gasteiger partial charge < -0.3 is 16.2 Å². The first-order valence-electron chi connectivity index (χ1n) is 6.22. The van der Waals surface area contributed by atoms with Crippen LogP contribution < -0.4 is 11.1 Å². The fourth-order valence-electron chi connectivity index (χ4n) is 1.56. The van der Waals surface area contributed by atoms with Gasteiger partial charge in [-0.15, -0.1) is 0 Å². The van der Waals surface area contributed by atoms with E-state index in [4.69, 9.17) is 7.16 Å². The molecule has 0 spiro atoms. The van der Waals surface area contributed by atoms with E-state index in [1.807, 2.05) is 6.07 Å². The van der Waals surface area contributed by atoms with Gasteiger partial charge in [0.1, 0.15) is 6.04 Å². The van der Waals surface area contributed by atoms with Gasteiger partial charge in [0, 0.05) is 6.42 Å². The predicted molar refractivity (Wildman–Crippen MR) is 68.1 cm³/mol. The second-order valence-electron chi connectivity index (χ2n) is 4.11. The minimum absolute atomic E-state index is 0.00752. The molecule has 0 aliphatic heterocycles. The number of hydrogen-bond acceptors (Lipinski definition) is 4. The van der Waals surface area contributed by atoms with Crippen molar-refractivity contribution in [2.24, 2.45) is 5.73 Å². The molecule has 6 nitrogen and oxygen atoms in total. The number of hydrogen-bond donors (Lipinski definition) is 3. The Bertz CT molecular complexity index is 479. The summed E-state index contributed by atoms with van der Waals surface area (Å²) >= 11 is 0. The third-order valence-electron chi connectivity index (χ3n) is 2.51. The van der Waals surface area contributed by atoms with E-state index in [1.165, 1.54) is 0 Å². The highest BCUT2D eigenvalue weighted by molar-refractivity contribution is 5.85. The first-order chi connectivity index (χ1) is 9.52. The number of carbonyl (C=O) groups is 3. The Morgan fingerprint density at radius 2 is 2.00 bits per heavy atom. The standard InChI is InChI=1S/C13H16N2O4/c14-11(16)7-6-10(13(18)19)15-12(17)8-9-4-2-1-3-5-9/h1-5,10H,6-8H2,(H2,14,16)(H,15,17)(H,18,19)/i/hD. The summed E-state index contributed by atoms with van der Waals surface area (Å²) in [5, 5.41) is 6.27. The van der Waals surface area contributed by atoms with Gasteiger partial charge in [0.05, 0.1) is 6.42 Å². The minimum atomic E-state index is -1.05. The summed E-state index contributed by atoms with van der Waals surface area (Å²) in [5.41, 5.74) is 5.78. The second-order valence-corrected chi connectivity index (χ2v) is 4.11. The number of nitrogens with one attached hydrogen (secondary N) is 1. The smallest absolute Gasteiger partial charge is 0.326 e. The number of nitrogens with two attached hydrogens (primary N) is 1. The number of carboxylic acid groups (broad SMARTS) is 1. The van der Waals surface area contributed by atoms with Gasteiger partial charge in [-0.1, -0.05) is 30.3 Å². The van der Waals surface area contributed by atoms with Crippen molar-refractivity contribution in [1.29, 1.82) is 1.43 Å². The number of benzene rings is 1. The first kappa shape index (κ1) is 13.1. The summed E-state index contributed by atoms with van der Waals surface area (Å²) in [6.07, 6.45) is 0.0259. The molecule has 0 heterocycles. The maximum atomic E-state index is 11.8. The second kappa shape index (κ2) is 7.15. The van der Waals surface area contributed by atoms with Crippen LogP contribution in [0.5, 0.6) is 0 Å². The third kappa shape index (κ3) is 5.67. The molecule has 19 heavy (non-hydrogen) atoms. The number of aliphatic carboxylic acids is 1. The molecule has 0 fully saturated rings. The third-order valence-corrected chi connectivity index (χ3v) is 2.51. The van der Waals surface area contributed by atoms with Gasteiger partial charge in [0.15, 0.2) is 0 Å². The summed E-state index contributed by atoms with van der Waals surface area (Å²) in [7, 11) is 0. The van der Waals surface area contributed by atoms with E-state index < -0.39 is 23.8 Å². The monoisotopic (exact) mass is 265 g/mol. The van der Waals surface area contributed by atoms with E-state index in [0.29, 0.717) is 0 Å². The molecular formula is C13H16N2O4. The first-order valence-corrected chi connectivity index (χ1v) is 5.81. The molecule has 0 saturated carbocycles. The SMILES string of the molecule is [2H]OC(=O)C(CCC(N)=O)NC(=O)Cc1ccccc1. The van der Waals surface area contributed by atoms with Crippen LogP contribution in [-0.4, -0.2) is 28.9 Å². The summed E-state index contributed by atoms with van der Waals surface area (Å²) in [6, 6.07) is 7.93. The topological polar surface area (TPSA) is 109 Å². The Labute approximate surface area is 112 Å². The van der Waals surface area contributed by atoms with Crippen molar-refractivity contribution >= 4 is 17.8 Å². The molecule has 0 aromatic heterocycles. The fourth-order valence-corrected chi connectivity index (χ4v) is 1.56. The normalized spacial score (nSPS) is 12.1.